The molecule has 0 spiro atoms. The van der Waals surface area contributed by atoms with Crippen LogP contribution < -0.4 is 0 Å². The Morgan fingerprint density at radius 2 is 1.71 bits per heavy atom. The zero-order valence-corrected chi connectivity index (χ0v) is 17.8. The summed E-state index contributed by atoms with van der Waals surface area (Å²) in [6, 6.07) is 21.2. The lowest BCUT2D eigenvalue weighted by atomic mass is 10.2. The van der Waals surface area contributed by atoms with Gasteiger partial charge in [0.1, 0.15) is 5.76 Å². The van der Waals surface area contributed by atoms with Crippen LogP contribution in [0, 0.1) is 0 Å². The minimum Gasteiger partial charge on any atom is -0.467 e. The van der Waals surface area contributed by atoms with E-state index in [1.807, 2.05) is 6.07 Å². The Morgan fingerprint density at radius 1 is 0.903 bits per heavy atom. The van der Waals surface area contributed by atoms with E-state index in [1.165, 1.54) is 35.4 Å². The second-order valence-corrected chi connectivity index (χ2v) is 9.12. The highest BCUT2D eigenvalue weighted by molar-refractivity contribution is 7.91. The number of halogens is 1. The van der Waals surface area contributed by atoms with Gasteiger partial charge in [-0.25, -0.2) is 8.42 Å². The van der Waals surface area contributed by atoms with Crippen LogP contribution in [-0.4, -0.2) is 19.2 Å². The summed E-state index contributed by atoms with van der Waals surface area (Å²) in [5.41, 5.74) is 0.816. The van der Waals surface area contributed by atoms with E-state index in [-0.39, 0.29) is 28.8 Å². The highest BCUT2D eigenvalue weighted by Gasteiger charge is 2.26. The second kappa shape index (κ2) is 8.83. The number of nitrogens with zero attached hydrogens (tertiary/aromatic N) is 1. The summed E-state index contributed by atoms with van der Waals surface area (Å²) >= 11 is 6.07. The lowest BCUT2D eigenvalue weighted by Gasteiger charge is -2.21. The fourth-order valence-corrected chi connectivity index (χ4v) is 4.50. The predicted molar refractivity (Wildman–Crippen MR) is 114 cm³/mol. The van der Waals surface area contributed by atoms with Crippen molar-refractivity contribution < 1.29 is 22.0 Å². The van der Waals surface area contributed by atoms with Crippen molar-refractivity contribution in [2.45, 2.75) is 23.1 Å². The largest absolute Gasteiger partial charge is 0.467 e. The minimum absolute atomic E-state index is 0.0805. The summed E-state index contributed by atoms with van der Waals surface area (Å²) in [5.74, 6) is 0.0352. The molecule has 2 aromatic heterocycles. The lowest BCUT2D eigenvalue weighted by Crippen LogP contribution is -2.29. The molecule has 2 aromatic carbocycles. The van der Waals surface area contributed by atoms with E-state index in [2.05, 4.69) is 0 Å². The van der Waals surface area contributed by atoms with Crippen molar-refractivity contribution in [3.63, 3.8) is 0 Å². The second-order valence-electron chi connectivity index (χ2n) is 6.81. The van der Waals surface area contributed by atoms with Gasteiger partial charge in [0.2, 0.25) is 14.9 Å². The van der Waals surface area contributed by atoms with Gasteiger partial charge in [0.25, 0.3) is 5.91 Å². The molecule has 0 aliphatic rings. The van der Waals surface area contributed by atoms with Crippen LogP contribution in [0.5, 0.6) is 0 Å². The number of sulfone groups is 1. The molecular weight excluding hydrogens is 438 g/mol. The van der Waals surface area contributed by atoms with Gasteiger partial charge in [0.05, 0.1) is 17.7 Å². The molecular formula is C23H18ClNO5S. The monoisotopic (exact) mass is 455 g/mol. The van der Waals surface area contributed by atoms with Gasteiger partial charge >= 0.3 is 0 Å². The van der Waals surface area contributed by atoms with Crippen molar-refractivity contribution in [3.05, 3.63) is 107 Å². The van der Waals surface area contributed by atoms with Crippen LogP contribution in [0.4, 0.5) is 0 Å². The third kappa shape index (κ3) is 4.73. The maximum Gasteiger partial charge on any atom is 0.290 e. The number of hydrogen-bond acceptors (Lipinski definition) is 5. The smallest absolute Gasteiger partial charge is 0.290 e. The summed E-state index contributed by atoms with van der Waals surface area (Å²) in [6.45, 7) is 0.418. The predicted octanol–water partition coefficient (Wildman–Crippen LogP) is 5.20. The van der Waals surface area contributed by atoms with Crippen molar-refractivity contribution in [2.75, 3.05) is 0 Å². The van der Waals surface area contributed by atoms with Gasteiger partial charge in [0.15, 0.2) is 5.76 Å². The molecule has 0 atom stereocenters. The summed E-state index contributed by atoms with van der Waals surface area (Å²) in [6.07, 6.45) is 1.52. The van der Waals surface area contributed by atoms with Crippen molar-refractivity contribution in [1.29, 1.82) is 0 Å². The number of carbonyl (C=O) groups is 1. The van der Waals surface area contributed by atoms with Gasteiger partial charge in [-0.15, -0.1) is 0 Å². The number of benzene rings is 2. The van der Waals surface area contributed by atoms with Crippen LogP contribution in [0.25, 0.3) is 0 Å². The molecule has 0 bridgehead atoms. The Labute approximate surface area is 184 Å². The number of furan rings is 2. The third-order valence-corrected chi connectivity index (χ3v) is 6.46. The molecule has 4 rings (SSSR count). The van der Waals surface area contributed by atoms with Crippen molar-refractivity contribution in [1.82, 2.24) is 4.90 Å². The highest BCUT2D eigenvalue weighted by Crippen LogP contribution is 2.24. The zero-order valence-electron chi connectivity index (χ0n) is 16.3. The molecule has 4 aromatic rings. The molecule has 31 heavy (non-hydrogen) atoms. The zero-order chi connectivity index (χ0) is 21.8. The molecule has 0 fully saturated rings. The molecule has 0 aliphatic heterocycles. The molecule has 8 heteroatoms. The average Bonchev–Trinajstić information content (AvgIpc) is 3.46. The molecule has 6 nitrogen and oxygen atoms in total. The minimum atomic E-state index is -3.87. The van der Waals surface area contributed by atoms with Crippen LogP contribution in [-0.2, 0) is 22.9 Å². The Hall–Kier alpha value is -3.29. The molecule has 158 valence electrons. The Kier molecular flexibility index (Phi) is 5.97. The highest BCUT2D eigenvalue weighted by atomic mass is 35.5. The molecule has 0 radical (unpaired) electrons. The lowest BCUT2D eigenvalue weighted by molar-refractivity contribution is 0.0679. The van der Waals surface area contributed by atoms with E-state index < -0.39 is 15.7 Å². The molecule has 2 heterocycles. The molecule has 0 saturated heterocycles. The first-order valence-corrected chi connectivity index (χ1v) is 11.3. The van der Waals surface area contributed by atoms with Gasteiger partial charge in [0, 0.05) is 11.6 Å². The number of rotatable bonds is 7. The standard InChI is InChI=1S/C23H18ClNO5S/c24-18-7-4-6-17(14-18)15-25(16-19-8-5-13-29-19)23(26)21-11-12-22(30-21)31(27,28)20-9-2-1-3-10-20/h1-14H,15-16H2. The Balaban J connectivity index is 1.62. The fourth-order valence-electron chi connectivity index (χ4n) is 3.10. The number of amides is 1. The van der Waals surface area contributed by atoms with E-state index in [0.29, 0.717) is 10.8 Å². The topological polar surface area (TPSA) is 80.7 Å². The SMILES string of the molecule is O=C(c1ccc(S(=O)(=O)c2ccccc2)o1)N(Cc1cccc(Cl)c1)Cc1ccco1. The first kappa shape index (κ1) is 21.0. The molecule has 0 N–H and O–H groups in total. The van der Waals surface area contributed by atoms with Crippen molar-refractivity contribution in [3.8, 4) is 0 Å². The van der Waals surface area contributed by atoms with Crippen LogP contribution in [0.1, 0.15) is 21.9 Å². The summed E-state index contributed by atoms with van der Waals surface area (Å²) in [4.78, 5) is 14.8. The first-order chi connectivity index (χ1) is 14.9. The molecule has 1 amide bonds. The van der Waals surface area contributed by atoms with Gasteiger partial charge in [-0.1, -0.05) is 41.9 Å². The van der Waals surface area contributed by atoms with E-state index in [0.717, 1.165) is 5.56 Å². The quantitative estimate of drug-likeness (QED) is 0.382. The van der Waals surface area contributed by atoms with Crippen LogP contribution in [0.2, 0.25) is 5.02 Å². The van der Waals surface area contributed by atoms with Crippen LogP contribution in [0.15, 0.2) is 104 Å². The fraction of sp³-hybridized carbons (Fsp3) is 0.0870. The number of carbonyl (C=O) groups excluding carboxylic acids is 1. The van der Waals surface area contributed by atoms with E-state index in [4.69, 9.17) is 20.4 Å². The van der Waals surface area contributed by atoms with Gasteiger partial charge in [-0.05, 0) is 54.1 Å². The Morgan fingerprint density at radius 3 is 2.42 bits per heavy atom. The van der Waals surface area contributed by atoms with Gasteiger partial charge < -0.3 is 13.7 Å². The molecule has 0 aliphatic carbocycles. The van der Waals surface area contributed by atoms with Crippen LogP contribution >= 0.6 is 11.6 Å². The number of hydrogen-bond donors (Lipinski definition) is 0. The normalized spacial score (nSPS) is 11.4. The summed E-state index contributed by atoms with van der Waals surface area (Å²) in [7, 11) is -3.87. The summed E-state index contributed by atoms with van der Waals surface area (Å²) < 4.78 is 36.4. The average molecular weight is 456 g/mol. The van der Waals surface area contributed by atoms with E-state index in [9.17, 15) is 13.2 Å². The molecule has 0 unspecified atom stereocenters. The van der Waals surface area contributed by atoms with E-state index in [1.54, 1.807) is 48.5 Å². The van der Waals surface area contributed by atoms with E-state index >= 15 is 0 Å². The third-order valence-electron chi connectivity index (χ3n) is 4.59. The van der Waals surface area contributed by atoms with Gasteiger partial charge in [-0.2, -0.15) is 0 Å². The first-order valence-electron chi connectivity index (χ1n) is 9.39. The Bertz CT molecular complexity index is 1280. The maximum absolute atomic E-state index is 13.2. The molecule has 0 saturated carbocycles. The summed E-state index contributed by atoms with van der Waals surface area (Å²) in [5, 5.41) is 0.264. The van der Waals surface area contributed by atoms with Crippen molar-refractivity contribution in [2.24, 2.45) is 0 Å². The maximum atomic E-state index is 13.2. The van der Waals surface area contributed by atoms with Crippen molar-refractivity contribution >= 4 is 27.3 Å². The van der Waals surface area contributed by atoms with Crippen LogP contribution in [0.3, 0.4) is 0 Å². The van der Waals surface area contributed by atoms with Gasteiger partial charge in [-0.3, -0.25) is 4.79 Å².